The molecule has 2 aromatic heterocycles. The number of fused-ring (bicyclic) bond motifs is 1. The second kappa shape index (κ2) is 7.77. The Morgan fingerprint density at radius 2 is 2.19 bits per heavy atom. The molecular weight excluding hydrogens is 366 g/mol. The summed E-state index contributed by atoms with van der Waals surface area (Å²) < 4.78 is 0. The van der Waals surface area contributed by atoms with Gasteiger partial charge in [-0.15, -0.1) is 11.3 Å². The van der Waals surface area contributed by atoms with Crippen LogP contribution in [0.25, 0.3) is 10.2 Å². The molecule has 1 aliphatic heterocycles. The summed E-state index contributed by atoms with van der Waals surface area (Å²) in [6.45, 7) is 5.89. The summed E-state index contributed by atoms with van der Waals surface area (Å²) >= 11 is 1.28. The van der Waals surface area contributed by atoms with Crippen molar-refractivity contribution in [3.05, 3.63) is 16.8 Å². The average Bonchev–Trinajstić information content (AvgIpc) is 2.84. The van der Waals surface area contributed by atoms with Crippen molar-refractivity contribution in [1.82, 2.24) is 20.6 Å². The van der Waals surface area contributed by atoms with E-state index in [0.717, 1.165) is 30.2 Å². The number of rotatable bonds is 5. The molecule has 2 aromatic rings. The van der Waals surface area contributed by atoms with Gasteiger partial charge >= 0.3 is 0 Å². The SMILES string of the molecule is Cc1c(C(=O)NC(C)(C)CO)sc2ncnc(N[C@H]3CCCCNC3=O)c12. The normalized spacial score (nSPS) is 18.1. The number of nitrogens with one attached hydrogen (secondary N) is 3. The van der Waals surface area contributed by atoms with E-state index in [2.05, 4.69) is 25.9 Å². The van der Waals surface area contributed by atoms with E-state index >= 15 is 0 Å². The first-order valence-corrected chi connectivity index (χ1v) is 9.86. The molecule has 3 rings (SSSR count). The molecule has 0 radical (unpaired) electrons. The highest BCUT2D eigenvalue weighted by Gasteiger charge is 2.26. The van der Waals surface area contributed by atoms with Crippen LogP contribution < -0.4 is 16.0 Å². The van der Waals surface area contributed by atoms with E-state index in [4.69, 9.17) is 0 Å². The highest BCUT2D eigenvalue weighted by molar-refractivity contribution is 7.20. The first-order chi connectivity index (χ1) is 12.8. The largest absolute Gasteiger partial charge is 0.394 e. The zero-order valence-corrected chi connectivity index (χ0v) is 16.6. The Balaban J connectivity index is 1.93. The van der Waals surface area contributed by atoms with Crippen molar-refractivity contribution in [2.45, 2.75) is 51.6 Å². The van der Waals surface area contributed by atoms with Crippen LogP contribution in [0, 0.1) is 6.92 Å². The van der Waals surface area contributed by atoms with Crippen LogP contribution in [0.4, 0.5) is 5.82 Å². The van der Waals surface area contributed by atoms with E-state index in [0.29, 0.717) is 22.1 Å². The maximum atomic E-state index is 12.7. The zero-order valence-electron chi connectivity index (χ0n) is 15.8. The van der Waals surface area contributed by atoms with Crippen LogP contribution >= 0.6 is 11.3 Å². The predicted molar refractivity (Wildman–Crippen MR) is 105 cm³/mol. The van der Waals surface area contributed by atoms with Crippen molar-refractivity contribution < 1.29 is 14.7 Å². The van der Waals surface area contributed by atoms with E-state index in [1.165, 1.54) is 17.7 Å². The number of anilines is 1. The second-order valence-corrected chi connectivity index (χ2v) is 8.44. The number of aromatic nitrogens is 2. The molecule has 3 heterocycles. The number of nitrogens with zero attached hydrogens (tertiary/aromatic N) is 2. The average molecular weight is 391 g/mol. The van der Waals surface area contributed by atoms with Crippen molar-refractivity contribution in [3.8, 4) is 0 Å². The summed E-state index contributed by atoms with van der Waals surface area (Å²) in [7, 11) is 0. The summed E-state index contributed by atoms with van der Waals surface area (Å²) in [6, 6.07) is -0.351. The summed E-state index contributed by atoms with van der Waals surface area (Å²) in [4.78, 5) is 34.7. The number of aryl methyl sites for hydroxylation is 1. The van der Waals surface area contributed by atoms with Crippen molar-refractivity contribution in [2.75, 3.05) is 18.5 Å². The first-order valence-electron chi connectivity index (χ1n) is 9.04. The Kier molecular flexibility index (Phi) is 5.61. The number of hydrogen-bond acceptors (Lipinski definition) is 7. The predicted octanol–water partition coefficient (Wildman–Crippen LogP) is 1.58. The van der Waals surface area contributed by atoms with Crippen molar-refractivity contribution in [2.24, 2.45) is 0 Å². The fourth-order valence-corrected chi connectivity index (χ4v) is 4.09. The maximum Gasteiger partial charge on any atom is 0.262 e. The van der Waals surface area contributed by atoms with Crippen molar-refractivity contribution >= 4 is 39.2 Å². The molecule has 4 N–H and O–H groups in total. The Labute approximate surface area is 161 Å². The molecule has 2 amide bonds. The van der Waals surface area contributed by atoms with Crippen molar-refractivity contribution in [1.29, 1.82) is 0 Å². The molecule has 0 unspecified atom stereocenters. The Morgan fingerprint density at radius 1 is 1.41 bits per heavy atom. The molecular formula is C18H25N5O3S. The molecule has 1 aliphatic rings. The highest BCUT2D eigenvalue weighted by Crippen LogP contribution is 2.34. The summed E-state index contributed by atoms with van der Waals surface area (Å²) in [6.07, 6.45) is 4.09. The van der Waals surface area contributed by atoms with Crippen LogP contribution in [0.1, 0.15) is 48.3 Å². The molecule has 0 spiro atoms. The van der Waals surface area contributed by atoms with Gasteiger partial charge in [0.2, 0.25) is 5.91 Å². The molecule has 0 saturated carbocycles. The van der Waals surface area contributed by atoms with Crippen LogP contribution in [0.5, 0.6) is 0 Å². The minimum Gasteiger partial charge on any atom is -0.394 e. The Hall–Kier alpha value is -2.26. The van der Waals surface area contributed by atoms with Crippen LogP contribution in [0.2, 0.25) is 0 Å². The first kappa shape index (κ1) is 19.5. The lowest BCUT2D eigenvalue weighted by Gasteiger charge is -2.23. The monoisotopic (exact) mass is 391 g/mol. The summed E-state index contributed by atoms with van der Waals surface area (Å²) in [5, 5.41) is 19.1. The van der Waals surface area contributed by atoms with E-state index in [9.17, 15) is 14.7 Å². The third kappa shape index (κ3) is 4.19. The van der Waals surface area contributed by atoms with Gasteiger partial charge < -0.3 is 21.1 Å². The zero-order chi connectivity index (χ0) is 19.6. The van der Waals surface area contributed by atoms with E-state index in [1.54, 1.807) is 13.8 Å². The second-order valence-electron chi connectivity index (χ2n) is 7.44. The number of hydrogen-bond donors (Lipinski definition) is 4. The standard InChI is InChI=1S/C18H25N5O3S/c1-10-12-14(22-11-6-4-5-7-19-15(11)25)20-9-21-17(12)27-13(10)16(26)23-18(2,3)8-24/h9,11,24H,4-8H2,1-3H3,(H,19,25)(H,23,26)(H,20,21,22)/t11-/m0/s1. The maximum absolute atomic E-state index is 12.7. The van der Waals surface area contributed by atoms with Gasteiger partial charge in [-0.05, 0) is 45.6 Å². The lowest BCUT2D eigenvalue weighted by atomic mass is 10.1. The molecule has 1 fully saturated rings. The van der Waals surface area contributed by atoms with Gasteiger partial charge in [-0.1, -0.05) is 0 Å². The topological polar surface area (TPSA) is 116 Å². The Bertz CT molecular complexity index is 864. The van der Waals surface area contributed by atoms with Crippen LogP contribution in [0.3, 0.4) is 0 Å². The van der Waals surface area contributed by atoms with Gasteiger partial charge in [-0.2, -0.15) is 0 Å². The number of thiophene rings is 1. The van der Waals surface area contributed by atoms with Gasteiger partial charge in [0.15, 0.2) is 0 Å². The molecule has 0 aromatic carbocycles. The lowest BCUT2D eigenvalue weighted by molar-refractivity contribution is -0.121. The minimum atomic E-state index is -0.717. The third-order valence-electron chi connectivity index (χ3n) is 4.63. The van der Waals surface area contributed by atoms with Gasteiger partial charge in [0.05, 0.1) is 22.4 Å². The van der Waals surface area contributed by atoms with Gasteiger partial charge in [-0.25, -0.2) is 9.97 Å². The molecule has 0 aliphatic carbocycles. The number of carbonyl (C=O) groups is 2. The van der Waals surface area contributed by atoms with E-state index < -0.39 is 5.54 Å². The lowest BCUT2D eigenvalue weighted by Crippen LogP contribution is -2.46. The minimum absolute atomic E-state index is 0.0326. The smallest absolute Gasteiger partial charge is 0.262 e. The van der Waals surface area contributed by atoms with Crippen LogP contribution in [-0.2, 0) is 4.79 Å². The van der Waals surface area contributed by atoms with Gasteiger partial charge in [0.1, 0.15) is 23.0 Å². The quantitative estimate of drug-likeness (QED) is 0.615. The van der Waals surface area contributed by atoms with Gasteiger partial charge in [-0.3, -0.25) is 9.59 Å². The number of aliphatic hydroxyl groups excluding tert-OH is 1. The molecule has 9 heteroatoms. The van der Waals surface area contributed by atoms with Crippen LogP contribution in [0.15, 0.2) is 6.33 Å². The Morgan fingerprint density at radius 3 is 2.93 bits per heavy atom. The molecule has 146 valence electrons. The van der Waals surface area contributed by atoms with Crippen molar-refractivity contribution in [3.63, 3.8) is 0 Å². The molecule has 27 heavy (non-hydrogen) atoms. The number of carbonyl (C=O) groups excluding carboxylic acids is 2. The van der Waals surface area contributed by atoms with Gasteiger partial charge in [0.25, 0.3) is 5.91 Å². The molecule has 0 bridgehead atoms. The fourth-order valence-electron chi connectivity index (χ4n) is 3.04. The number of aliphatic hydroxyl groups is 1. The molecule has 1 atom stereocenters. The summed E-state index contributed by atoms with van der Waals surface area (Å²) in [5.74, 6) is 0.277. The molecule has 8 nitrogen and oxygen atoms in total. The van der Waals surface area contributed by atoms with E-state index in [1.807, 2.05) is 6.92 Å². The van der Waals surface area contributed by atoms with E-state index in [-0.39, 0.29) is 24.5 Å². The van der Waals surface area contributed by atoms with Gasteiger partial charge in [0, 0.05) is 6.54 Å². The van der Waals surface area contributed by atoms with Crippen LogP contribution in [-0.4, -0.2) is 51.6 Å². The fraction of sp³-hybridized carbons (Fsp3) is 0.556. The number of amides is 2. The summed E-state index contributed by atoms with van der Waals surface area (Å²) in [5.41, 5.74) is 0.0450. The highest BCUT2D eigenvalue weighted by atomic mass is 32.1. The molecule has 1 saturated heterocycles. The third-order valence-corrected chi connectivity index (χ3v) is 5.83.